The number of hydrogen-bond donors (Lipinski definition) is 2. The zero-order valence-electron chi connectivity index (χ0n) is 12.3. The second-order valence-corrected chi connectivity index (χ2v) is 5.68. The van der Waals surface area contributed by atoms with Gasteiger partial charge in [0.15, 0.2) is 0 Å². The molecule has 2 rings (SSSR count). The molecule has 1 aliphatic rings. The van der Waals surface area contributed by atoms with Crippen molar-refractivity contribution in [3.05, 3.63) is 35.9 Å². The highest BCUT2D eigenvalue weighted by Crippen LogP contribution is 2.25. The molecule has 0 bridgehead atoms. The van der Waals surface area contributed by atoms with Crippen molar-refractivity contribution in [3.8, 4) is 0 Å². The predicted molar refractivity (Wildman–Crippen MR) is 80.5 cm³/mol. The molecule has 4 heteroatoms. The van der Waals surface area contributed by atoms with Crippen LogP contribution in [-0.4, -0.2) is 49.4 Å². The Morgan fingerprint density at radius 1 is 1.30 bits per heavy atom. The van der Waals surface area contributed by atoms with E-state index in [4.69, 9.17) is 10.5 Å². The van der Waals surface area contributed by atoms with Gasteiger partial charge in [-0.15, -0.1) is 0 Å². The number of ether oxygens (including phenoxy) is 1. The SMILES string of the molecule is CN(CCC(O)(CN)c1ccccc1)C1CCOCC1. The van der Waals surface area contributed by atoms with Crippen LogP contribution >= 0.6 is 0 Å². The van der Waals surface area contributed by atoms with Gasteiger partial charge < -0.3 is 20.5 Å². The normalized spacial score (nSPS) is 20.0. The number of aliphatic hydroxyl groups is 1. The molecule has 4 nitrogen and oxygen atoms in total. The molecule has 1 heterocycles. The summed E-state index contributed by atoms with van der Waals surface area (Å²) in [6.45, 7) is 2.77. The molecule has 1 aromatic carbocycles. The van der Waals surface area contributed by atoms with E-state index in [1.165, 1.54) is 0 Å². The van der Waals surface area contributed by atoms with Crippen LogP contribution in [0.3, 0.4) is 0 Å². The Morgan fingerprint density at radius 2 is 1.95 bits per heavy atom. The van der Waals surface area contributed by atoms with Crippen molar-refractivity contribution in [2.45, 2.75) is 30.9 Å². The zero-order valence-corrected chi connectivity index (χ0v) is 12.3. The molecule has 1 fully saturated rings. The maximum Gasteiger partial charge on any atom is 0.103 e. The van der Waals surface area contributed by atoms with Crippen molar-refractivity contribution < 1.29 is 9.84 Å². The molecule has 3 N–H and O–H groups in total. The smallest absolute Gasteiger partial charge is 0.103 e. The summed E-state index contributed by atoms with van der Waals surface area (Å²) >= 11 is 0. The third-order valence-electron chi connectivity index (χ3n) is 4.34. The van der Waals surface area contributed by atoms with Crippen molar-refractivity contribution in [1.82, 2.24) is 4.90 Å². The molecule has 0 aromatic heterocycles. The average molecular weight is 278 g/mol. The van der Waals surface area contributed by atoms with Crippen LogP contribution in [0.5, 0.6) is 0 Å². The molecule has 1 aliphatic heterocycles. The van der Waals surface area contributed by atoms with Crippen LogP contribution in [0.2, 0.25) is 0 Å². The van der Waals surface area contributed by atoms with Gasteiger partial charge >= 0.3 is 0 Å². The number of rotatable bonds is 6. The Hall–Kier alpha value is -0.940. The van der Waals surface area contributed by atoms with Crippen molar-refractivity contribution >= 4 is 0 Å². The van der Waals surface area contributed by atoms with Crippen molar-refractivity contribution in [2.75, 3.05) is 33.4 Å². The molecule has 0 radical (unpaired) electrons. The van der Waals surface area contributed by atoms with Crippen LogP contribution in [0.4, 0.5) is 0 Å². The minimum absolute atomic E-state index is 0.249. The van der Waals surface area contributed by atoms with E-state index in [0.29, 0.717) is 12.5 Å². The minimum Gasteiger partial charge on any atom is -0.384 e. The maximum atomic E-state index is 10.8. The highest BCUT2D eigenvalue weighted by molar-refractivity contribution is 5.22. The Bertz CT molecular complexity index is 393. The fraction of sp³-hybridized carbons (Fsp3) is 0.625. The van der Waals surface area contributed by atoms with Gasteiger partial charge in [-0.25, -0.2) is 0 Å². The van der Waals surface area contributed by atoms with Gasteiger partial charge in [0.2, 0.25) is 0 Å². The van der Waals surface area contributed by atoms with E-state index in [1.54, 1.807) is 0 Å². The topological polar surface area (TPSA) is 58.7 Å². The molecule has 112 valence electrons. The minimum atomic E-state index is -0.930. The van der Waals surface area contributed by atoms with Gasteiger partial charge in [-0.1, -0.05) is 30.3 Å². The Kier molecular flexibility index (Phi) is 5.54. The second kappa shape index (κ2) is 7.18. The third-order valence-corrected chi connectivity index (χ3v) is 4.34. The Morgan fingerprint density at radius 3 is 2.55 bits per heavy atom. The van der Waals surface area contributed by atoms with E-state index in [1.807, 2.05) is 30.3 Å². The van der Waals surface area contributed by atoms with Crippen LogP contribution in [0.15, 0.2) is 30.3 Å². The Labute approximate surface area is 121 Å². The number of hydrogen-bond acceptors (Lipinski definition) is 4. The zero-order chi connectivity index (χ0) is 14.4. The molecule has 0 saturated carbocycles. The summed E-state index contributed by atoms with van der Waals surface area (Å²) in [5.74, 6) is 0. The quantitative estimate of drug-likeness (QED) is 0.824. The molecular weight excluding hydrogens is 252 g/mol. The summed E-state index contributed by atoms with van der Waals surface area (Å²) in [6, 6.07) is 10.3. The lowest BCUT2D eigenvalue weighted by Crippen LogP contribution is -2.42. The van der Waals surface area contributed by atoms with E-state index in [2.05, 4.69) is 11.9 Å². The highest BCUT2D eigenvalue weighted by Gasteiger charge is 2.28. The third kappa shape index (κ3) is 3.79. The maximum absolute atomic E-state index is 10.8. The molecular formula is C16H26N2O2. The number of nitrogens with zero attached hydrogens (tertiary/aromatic N) is 1. The predicted octanol–water partition coefficient (Wildman–Crippen LogP) is 1.33. The lowest BCUT2D eigenvalue weighted by Gasteiger charge is -2.34. The lowest BCUT2D eigenvalue weighted by molar-refractivity contribution is 0.00835. The van der Waals surface area contributed by atoms with Gasteiger partial charge in [-0.05, 0) is 31.9 Å². The molecule has 1 saturated heterocycles. The lowest BCUT2D eigenvalue weighted by atomic mass is 9.90. The average Bonchev–Trinajstić information content (AvgIpc) is 2.54. The van der Waals surface area contributed by atoms with Crippen LogP contribution in [-0.2, 0) is 10.3 Å². The molecule has 0 amide bonds. The molecule has 0 spiro atoms. The Balaban J connectivity index is 1.93. The van der Waals surface area contributed by atoms with Gasteiger partial charge in [-0.2, -0.15) is 0 Å². The number of nitrogens with two attached hydrogens (primary N) is 1. The van der Waals surface area contributed by atoms with Crippen molar-refractivity contribution in [1.29, 1.82) is 0 Å². The number of benzene rings is 1. The van der Waals surface area contributed by atoms with E-state index in [-0.39, 0.29) is 6.54 Å². The second-order valence-electron chi connectivity index (χ2n) is 5.68. The summed E-state index contributed by atoms with van der Waals surface area (Å²) in [5.41, 5.74) is 5.79. The summed E-state index contributed by atoms with van der Waals surface area (Å²) in [6.07, 6.45) is 2.80. The van der Waals surface area contributed by atoms with E-state index in [9.17, 15) is 5.11 Å². The first-order chi connectivity index (χ1) is 9.65. The van der Waals surface area contributed by atoms with Gasteiger partial charge in [0, 0.05) is 32.3 Å². The first-order valence-corrected chi connectivity index (χ1v) is 7.42. The van der Waals surface area contributed by atoms with Gasteiger partial charge in [-0.3, -0.25) is 0 Å². The van der Waals surface area contributed by atoms with Crippen LogP contribution in [0.25, 0.3) is 0 Å². The first-order valence-electron chi connectivity index (χ1n) is 7.42. The summed E-state index contributed by atoms with van der Waals surface area (Å²) in [5, 5.41) is 10.8. The largest absolute Gasteiger partial charge is 0.384 e. The van der Waals surface area contributed by atoms with Crippen LogP contribution < -0.4 is 5.73 Å². The monoisotopic (exact) mass is 278 g/mol. The van der Waals surface area contributed by atoms with Gasteiger partial charge in [0.05, 0.1) is 0 Å². The summed E-state index contributed by atoms with van der Waals surface area (Å²) in [7, 11) is 2.12. The van der Waals surface area contributed by atoms with E-state index in [0.717, 1.165) is 38.2 Å². The van der Waals surface area contributed by atoms with Crippen molar-refractivity contribution in [2.24, 2.45) is 5.73 Å². The molecule has 1 unspecified atom stereocenters. The molecule has 20 heavy (non-hydrogen) atoms. The van der Waals surface area contributed by atoms with Gasteiger partial charge in [0.25, 0.3) is 0 Å². The van der Waals surface area contributed by atoms with E-state index < -0.39 is 5.60 Å². The first kappa shape index (κ1) is 15.4. The molecule has 1 atom stereocenters. The van der Waals surface area contributed by atoms with Crippen LogP contribution in [0, 0.1) is 0 Å². The molecule has 1 aromatic rings. The summed E-state index contributed by atoms with van der Waals surface area (Å²) in [4.78, 5) is 2.33. The van der Waals surface area contributed by atoms with Crippen LogP contribution in [0.1, 0.15) is 24.8 Å². The molecule has 0 aliphatic carbocycles. The highest BCUT2D eigenvalue weighted by atomic mass is 16.5. The fourth-order valence-corrected chi connectivity index (χ4v) is 2.78. The summed E-state index contributed by atoms with van der Waals surface area (Å²) < 4.78 is 5.39. The van der Waals surface area contributed by atoms with Gasteiger partial charge in [0.1, 0.15) is 5.60 Å². The van der Waals surface area contributed by atoms with Crippen molar-refractivity contribution in [3.63, 3.8) is 0 Å². The standard InChI is InChI=1S/C16H26N2O2/c1-18(15-7-11-20-12-8-15)10-9-16(19,13-17)14-5-3-2-4-6-14/h2-6,15,19H,7-13,17H2,1H3. The van der Waals surface area contributed by atoms with E-state index >= 15 is 0 Å². The fourth-order valence-electron chi connectivity index (χ4n) is 2.78.